The molecule has 0 spiro atoms. The van der Waals surface area contributed by atoms with Gasteiger partial charge in [0.1, 0.15) is 5.82 Å². The summed E-state index contributed by atoms with van der Waals surface area (Å²) >= 11 is 3.12. The van der Waals surface area contributed by atoms with E-state index in [0.29, 0.717) is 0 Å². The summed E-state index contributed by atoms with van der Waals surface area (Å²) in [6, 6.07) is 12.1. The van der Waals surface area contributed by atoms with Gasteiger partial charge >= 0.3 is 0 Å². The van der Waals surface area contributed by atoms with Gasteiger partial charge in [-0.05, 0) is 42.5 Å². The van der Waals surface area contributed by atoms with Gasteiger partial charge in [-0.1, -0.05) is 11.8 Å². The molecule has 2 nitrogen and oxygen atoms in total. The van der Waals surface area contributed by atoms with Crippen LogP contribution < -0.4 is 5.73 Å². The summed E-state index contributed by atoms with van der Waals surface area (Å²) in [6.07, 6.45) is 0. The Hall–Kier alpha value is -1.59. The van der Waals surface area contributed by atoms with Crippen LogP contribution in [0.3, 0.4) is 0 Å². The van der Waals surface area contributed by atoms with Gasteiger partial charge in [-0.2, -0.15) is 0 Å². The molecule has 3 aromatic rings. The standard InChI is InChI=1S/C13H9FN2S2/c14-8-1-4-10(5-2-8)17-13-16-11-6-3-9(15)7-12(11)18-13/h1-7H,15H2. The third-order valence-electron chi connectivity index (χ3n) is 2.41. The number of hydrogen-bond acceptors (Lipinski definition) is 4. The van der Waals surface area contributed by atoms with Crippen molar-refractivity contribution in [3.63, 3.8) is 0 Å². The number of nitrogen functional groups attached to an aromatic ring is 1. The first kappa shape index (κ1) is 11.5. The number of thiazole rings is 1. The Morgan fingerprint density at radius 2 is 1.89 bits per heavy atom. The summed E-state index contributed by atoms with van der Waals surface area (Å²) in [7, 11) is 0. The number of anilines is 1. The van der Waals surface area contributed by atoms with Crippen LogP contribution in [0.5, 0.6) is 0 Å². The van der Waals surface area contributed by atoms with E-state index < -0.39 is 0 Å². The maximum absolute atomic E-state index is 12.8. The summed E-state index contributed by atoms with van der Waals surface area (Å²) in [5.41, 5.74) is 7.42. The third kappa shape index (κ3) is 2.32. The van der Waals surface area contributed by atoms with E-state index >= 15 is 0 Å². The van der Waals surface area contributed by atoms with Crippen LogP contribution in [-0.2, 0) is 0 Å². The van der Waals surface area contributed by atoms with Crippen LogP contribution in [-0.4, -0.2) is 4.98 Å². The second-order valence-electron chi connectivity index (χ2n) is 3.76. The fourth-order valence-electron chi connectivity index (χ4n) is 1.57. The van der Waals surface area contributed by atoms with Crippen LogP contribution in [0.25, 0.3) is 10.2 Å². The second-order valence-corrected chi connectivity index (χ2v) is 6.11. The minimum absolute atomic E-state index is 0.226. The van der Waals surface area contributed by atoms with Crippen LogP contribution in [0.1, 0.15) is 0 Å². The van der Waals surface area contributed by atoms with Crippen molar-refractivity contribution in [1.29, 1.82) is 0 Å². The molecule has 2 aromatic carbocycles. The molecule has 0 amide bonds. The van der Waals surface area contributed by atoms with Gasteiger partial charge in [0.25, 0.3) is 0 Å². The molecule has 0 fully saturated rings. The molecule has 0 unspecified atom stereocenters. The number of benzene rings is 2. The highest BCUT2D eigenvalue weighted by molar-refractivity contribution is 8.01. The number of nitrogens with zero attached hydrogens (tertiary/aromatic N) is 1. The Morgan fingerprint density at radius 3 is 2.67 bits per heavy atom. The molecule has 0 bridgehead atoms. The molecular weight excluding hydrogens is 267 g/mol. The summed E-state index contributed by atoms with van der Waals surface area (Å²) in [5, 5.41) is 0. The molecule has 0 aliphatic carbocycles. The first-order valence-electron chi connectivity index (χ1n) is 5.30. The van der Waals surface area contributed by atoms with Crippen LogP contribution in [0.4, 0.5) is 10.1 Å². The zero-order valence-corrected chi connectivity index (χ0v) is 10.9. The van der Waals surface area contributed by atoms with E-state index in [2.05, 4.69) is 4.98 Å². The Kier molecular flexibility index (Phi) is 2.93. The maximum atomic E-state index is 12.8. The molecule has 0 radical (unpaired) electrons. The minimum atomic E-state index is -0.226. The SMILES string of the molecule is Nc1ccc2nc(Sc3ccc(F)cc3)sc2c1. The van der Waals surface area contributed by atoms with Crippen LogP contribution >= 0.6 is 23.1 Å². The first-order valence-corrected chi connectivity index (χ1v) is 6.93. The second kappa shape index (κ2) is 4.59. The fourth-order valence-corrected chi connectivity index (χ4v) is 3.66. The fraction of sp³-hybridized carbons (Fsp3) is 0. The van der Waals surface area contributed by atoms with E-state index in [0.717, 1.165) is 25.1 Å². The van der Waals surface area contributed by atoms with E-state index in [9.17, 15) is 4.39 Å². The van der Waals surface area contributed by atoms with Crippen molar-refractivity contribution in [3.8, 4) is 0 Å². The number of hydrogen-bond donors (Lipinski definition) is 1. The van der Waals surface area contributed by atoms with Gasteiger partial charge < -0.3 is 5.73 Å². The van der Waals surface area contributed by atoms with E-state index in [1.807, 2.05) is 18.2 Å². The third-order valence-corrected chi connectivity index (χ3v) is 4.50. The molecule has 1 aromatic heterocycles. The quantitative estimate of drug-likeness (QED) is 0.714. The lowest BCUT2D eigenvalue weighted by Crippen LogP contribution is -1.81. The Labute approximate surface area is 112 Å². The average Bonchev–Trinajstić information content (AvgIpc) is 2.73. The number of halogens is 1. The Morgan fingerprint density at radius 1 is 1.11 bits per heavy atom. The van der Waals surface area contributed by atoms with E-state index in [1.54, 1.807) is 23.5 Å². The van der Waals surface area contributed by atoms with Crippen LogP contribution in [0, 0.1) is 5.82 Å². The largest absolute Gasteiger partial charge is 0.399 e. The molecule has 3 rings (SSSR count). The van der Waals surface area contributed by atoms with Crippen LogP contribution in [0.2, 0.25) is 0 Å². The van der Waals surface area contributed by atoms with Gasteiger partial charge in [-0.25, -0.2) is 9.37 Å². The molecular formula is C13H9FN2S2. The van der Waals surface area contributed by atoms with Gasteiger partial charge in [0.05, 0.1) is 10.2 Å². The number of aromatic nitrogens is 1. The van der Waals surface area contributed by atoms with Crippen molar-refractivity contribution in [3.05, 3.63) is 48.3 Å². The summed E-state index contributed by atoms with van der Waals surface area (Å²) < 4.78 is 14.8. The average molecular weight is 276 g/mol. The molecule has 90 valence electrons. The van der Waals surface area contributed by atoms with Gasteiger partial charge in [-0.15, -0.1) is 11.3 Å². The van der Waals surface area contributed by atoms with Crippen molar-refractivity contribution in [2.24, 2.45) is 0 Å². The van der Waals surface area contributed by atoms with Crippen molar-refractivity contribution >= 4 is 39.0 Å². The molecule has 0 atom stereocenters. The van der Waals surface area contributed by atoms with Crippen molar-refractivity contribution < 1.29 is 4.39 Å². The zero-order valence-electron chi connectivity index (χ0n) is 9.26. The molecule has 0 saturated carbocycles. The van der Waals surface area contributed by atoms with E-state index in [4.69, 9.17) is 5.73 Å². The molecule has 0 aliphatic heterocycles. The molecule has 2 N–H and O–H groups in total. The minimum Gasteiger partial charge on any atom is -0.399 e. The van der Waals surface area contributed by atoms with Crippen molar-refractivity contribution in [2.45, 2.75) is 9.24 Å². The van der Waals surface area contributed by atoms with Crippen molar-refractivity contribution in [1.82, 2.24) is 4.98 Å². The maximum Gasteiger partial charge on any atom is 0.155 e. The predicted octanol–water partition coefficient (Wildman–Crippen LogP) is 4.17. The first-order chi connectivity index (χ1) is 8.70. The highest BCUT2D eigenvalue weighted by atomic mass is 32.2. The van der Waals surface area contributed by atoms with Gasteiger partial charge in [0.15, 0.2) is 4.34 Å². The predicted molar refractivity (Wildman–Crippen MR) is 74.6 cm³/mol. The summed E-state index contributed by atoms with van der Waals surface area (Å²) in [4.78, 5) is 5.48. The van der Waals surface area contributed by atoms with Crippen LogP contribution in [0.15, 0.2) is 51.7 Å². The zero-order chi connectivity index (χ0) is 12.5. The molecule has 18 heavy (non-hydrogen) atoms. The van der Waals surface area contributed by atoms with Gasteiger partial charge in [0, 0.05) is 10.6 Å². The number of nitrogens with two attached hydrogens (primary N) is 1. The van der Waals surface area contributed by atoms with Gasteiger partial charge in [0.2, 0.25) is 0 Å². The summed E-state index contributed by atoms with van der Waals surface area (Å²) in [5.74, 6) is -0.226. The molecule has 0 aliphatic rings. The van der Waals surface area contributed by atoms with E-state index in [1.165, 1.54) is 23.9 Å². The highest BCUT2D eigenvalue weighted by Crippen LogP contribution is 2.34. The topological polar surface area (TPSA) is 38.9 Å². The smallest absolute Gasteiger partial charge is 0.155 e. The molecule has 5 heteroatoms. The highest BCUT2D eigenvalue weighted by Gasteiger charge is 2.06. The normalized spacial score (nSPS) is 10.9. The van der Waals surface area contributed by atoms with Crippen molar-refractivity contribution in [2.75, 3.05) is 5.73 Å². The molecule has 1 heterocycles. The lowest BCUT2D eigenvalue weighted by atomic mass is 10.3. The lowest BCUT2D eigenvalue weighted by molar-refractivity contribution is 0.626. The van der Waals surface area contributed by atoms with Gasteiger partial charge in [-0.3, -0.25) is 0 Å². The summed E-state index contributed by atoms with van der Waals surface area (Å²) in [6.45, 7) is 0. The number of rotatable bonds is 2. The number of fused-ring (bicyclic) bond motifs is 1. The lowest BCUT2D eigenvalue weighted by Gasteiger charge is -1.95. The molecule has 0 saturated heterocycles. The Balaban J connectivity index is 1.92. The Bertz CT molecular complexity index is 692. The monoisotopic (exact) mass is 276 g/mol. The van der Waals surface area contributed by atoms with E-state index in [-0.39, 0.29) is 5.82 Å².